The Bertz CT molecular complexity index is 2500. The van der Waals surface area contributed by atoms with Crippen LogP contribution >= 0.6 is 0 Å². The first kappa shape index (κ1) is 27.5. The zero-order valence-electron chi connectivity index (χ0n) is 27.4. The largest absolute Gasteiger partial charge is 0.309 e. The van der Waals surface area contributed by atoms with Crippen LogP contribution in [0, 0.1) is 35.0 Å². The highest BCUT2D eigenvalue weighted by molar-refractivity contribution is 6.10. The molecule has 0 aliphatic heterocycles. The fourth-order valence-electron chi connectivity index (χ4n) is 11.3. The minimum Gasteiger partial charge on any atom is -0.309 e. The SMILES string of the molecule is N#Cc1cccc(-c2ccc(-n3c4ccccc4c4cc(-c5ccc6c(c5)-c5ccccc5C65C6CC7CC(C6)CC5C7)ccc43)cc2)c1. The molecule has 49 heavy (non-hydrogen) atoms. The molecule has 2 heteroatoms. The minimum atomic E-state index is 0.212. The fraction of sp³-hybridized carbons (Fsp3) is 0.213. The lowest BCUT2D eigenvalue weighted by Crippen LogP contribution is -2.55. The number of fused-ring (bicyclic) bond motifs is 6. The van der Waals surface area contributed by atoms with Crippen molar-refractivity contribution in [3.05, 3.63) is 150 Å². The van der Waals surface area contributed by atoms with Crippen LogP contribution in [0.2, 0.25) is 0 Å². The topological polar surface area (TPSA) is 28.7 Å². The van der Waals surface area contributed by atoms with Crippen LogP contribution in [-0.4, -0.2) is 4.57 Å². The molecule has 12 rings (SSSR count). The number of para-hydroxylation sites is 1. The van der Waals surface area contributed by atoms with Gasteiger partial charge < -0.3 is 4.57 Å². The molecule has 7 aromatic rings. The van der Waals surface area contributed by atoms with Gasteiger partial charge >= 0.3 is 0 Å². The van der Waals surface area contributed by atoms with E-state index < -0.39 is 0 Å². The first-order valence-electron chi connectivity index (χ1n) is 18.1. The average Bonchev–Trinajstić information content (AvgIpc) is 3.64. The van der Waals surface area contributed by atoms with E-state index in [4.69, 9.17) is 0 Å². The van der Waals surface area contributed by atoms with Gasteiger partial charge in [0.1, 0.15) is 0 Å². The van der Waals surface area contributed by atoms with Gasteiger partial charge in [0.05, 0.1) is 22.7 Å². The van der Waals surface area contributed by atoms with E-state index >= 15 is 0 Å². The van der Waals surface area contributed by atoms with Gasteiger partial charge in [-0.25, -0.2) is 0 Å². The van der Waals surface area contributed by atoms with Gasteiger partial charge in [-0.15, -0.1) is 0 Å². The van der Waals surface area contributed by atoms with E-state index in [9.17, 15) is 5.26 Å². The molecule has 1 heterocycles. The summed E-state index contributed by atoms with van der Waals surface area (Å²) in [5.41, 5.74) is 15.4. The molecule has 0 unspecified atom stereocenters. The van der Waals surface area contributed by atoms with Crippen LogP contribution in [0.4, 0.5) is 0 Å². The fourth-order valence-corrected chi connectivity index (χ4v) is 11.3. The number of aromatic nitrogens is 1. The molecule has 234 valence electrons. The molecule has 4 bridgehead atoms. The van der Waals surface area contributed by atoms with Gasteiger partial charge in [-0.2, -0.15) is 5.26 Å². The van der Waals surface area contributed by atoms with Crippen LogP contribution in [0.25, 0.3) is 60.9 Å². The molecule has 0 amide bonds. The highest BCUT2D eigenvalue weighted by Gasteiger charge is 2.61. The van der Waals surface area contributed by atoms with Gasteiger partial charge in [-0.1, -0.05) is 84.9 Å². The molecule has 0 atom stereocenters. The predicted octanol–water partition coefficient (Wildman–Crippen LogP) is 11.7. The van der Waals surface area contributed by atoms with E-state index in [0.29, 0.717) is 5.56 Å². The normalized spacial score (nSPS) is 24.4. The minimum absolute atomic E-state index is 0.212. The van der Waals surface area contributed by atoms with Crippen LogP contribution in [-0.2, 0) is 5.41 Å². The standard InChI is InChI=1S/C47H36N2/c48-28-29-6-5-7-33(21-29)32-12-16-38(17-13-32)49-45-11-4-2-9-40(45)42-27-35(15-19-46(42)49)34-14-18-44-41(26-34)39-8-1-3-10-43(39)47(44)36-22-30-20-31(24-36)25-37(47)23-30/h1-19,21,26-27,30-31,36-37H,20,22-25H2. The lowest BCUT2D eigenvalue weighted by Gasteiger charge is -2.61. The van der Waals surface area contributed by atoms with Gasteiger partial charge in [-0.3, -0.25) is 0 Å². The van der Waals surface area contributed by atoms with Crippen molar-refractivity contribution in [2.75, 3.05) is 0 Å². The van der Waals surface area contributed by atoms with Crippen molar-refractivity contribution >= 4 is 21.8 Å². The van der Waals surface area contributed by atoms with Crippen LogP contribution in [0.15, 0.2) is 133 Å². The van der Waals surface area contributed by atoms with Crippen molar-refractivity contribution in [1.29, 1.82) is 5.26 Å². The van der Waals surface area contributed by atoms with E-state index in [-0.39, 0.29) is 5.41 Å². The Labute approximate surface area is 287 Å². The number of benzene rings is 6. The Hall–Kier alpha value is -5.39. The van der Waals surface area contributed by atoms with Gasteiger partial charge in [0, 0.05) is 21.9 Å². The summed E-state index contributed by atoms with van der Waals surface area (Å²) in [6, 6.07) is 51.6. The Morgan fingerprint density at radius 2 is 1.16 bits per heavy atom. The number of hydrogen-bond acceptors (Lipinski definition) is 1. The van der Waals surface area contributed by atoms with Crippen molar-refractivity contribution in [1.82, 2.24) is 4.57 Å². The summed E-state index contributed by atoms with van der Waals surface area (Å²) in [7, 11) is 0. The maximum absolute atomic E-state index is 9.39. The number of nitrogens with zero attached hydrogens (tertiary/aromatic N) is 2. The number of rotatable bonds is 3. The number of hydrogen-bond donors (Lipinski definition) is 0. The molecular formula is C47H36N2. The zero-order valence-corrected chi connectivity index (χ0v) is 27.4. The maximum Gasteiger partial charge on any atom is 0.0991 e. The van der Waals surface area contributed by atoms with Gasteiger partial charge in [-0.05, 0) is 149 Å². The molecule has 2 nitrogen and oxygen atoms in total. The molecule has 0 radical (unpaired) electrons. The third-order valence-electron chi connectivity index (χ3n) is 13.0. The quantitative estimate of drug-likeness (QED) is 0.191. The van der Waals surface area contributed by atoms with E-state index in [0.717, 1.165) is 40.5 Å². The van der Waals surface area contributed by atoms with Crippen molar-refractivity contribution in [3.8, 4) is 45.1 Å². The van der Waals surface area contributed by atoms with E-state index in [1.165, 1.54) is 76.2 Å². The molecule has 0 N–H and O–H groups in total. The van der Waals surface area contributed by atoms with Gasteiger partial charge in [0.25, 0.3) is 0 Å². The summed E-state index contributed by atoms with van der Waals surface area (Å²) >= 11 is 0. The Balaban J connectivity index is 1.03. The first-order chi connectivity index (χ1) is 24.2. The van der Waals surface area contributed by atoms with Gasteiger partial charge in [0.15, 0.2) is 0 Å². The molecule has 1 spiro atoms. The highest BCUT2D eigenvalue weighted by atomic mass is 15.0. The predicted molar refractivity (Wildman–Crippen MR) is 200 cm³/mol. The van der Waals surface area contributed by atoms with Crippen molar-refractivity contribution < 1.29 is 0 Å². The second kappa shape index (κ2) is 10.1. The summed E-state index contributed by atoms with van der Waals surface area (Å²) in [6.07, 6.45) is 7.15. The molecule has 6 aromatic carbocycles. The average molecular weight is 629 g/mol. The Morgan fingerprint density at radius 3 is 1.98 bits per heavy atom. The highest BCUT2D eigenvalue weighted by Crippen LogP contribution is 2.69. The van der Waals surface area contributed by atoms with E-state index in [1.807, 2.05) is 18.2 Å². The molecular weight excluding hydrogens is 593 g/mol. The van der Waals surface area contributed by atoms with Crippen molar-refractivity contribution in [3.63, 3.8) is 0 Å². The maximum atomic E-state index is 9.39. The van der Waals surface area contributed by atoms with Crippen LogP contribution in [0.1, 0.15) is 48.8 Å². The van der Waals surface area contributed by atoms with Crippen molar-refractivity contribution in [2.45, 2.75) is 37.5 Å². The van der Waals surface area contributed by atoms with Gasteiger partial charge in [0.2, 0.25) is 0 Å². The zero-order chi connectivity index (χ0) is 32.3. The lowest BCUT2D eigenvalue weighted by atomic mass is 9.43. The summed E-state index contributed by atoms with van der Waals surface area (Å²) < 4.78 is 2.39. The molecule has 5 aliphatic carbocycles. The summed E-state index contributed by atoms with van der Waals surface area (Å²) in [6.45, 7) is 0. The molecule has 1 aromatic heterocycles. The smallest absolute Gasteiger partial charge is 0.0991 e. The molecule has 4 fully saturated rings. The Morgan fingerprint density at radius 1 is 0.510 bits per heavy atom. The summed E-state index contributed by atoms with van der Waals surface area (Å²) in [5, 5.41) is 11.9. The molecule has 0 saturated heterocycles. The monoisotopic (exact) mass is 628 g/mol. The second-order valence-electron chi connectivity index (χ2n) is 15.3. The molecule has 5 aliphatic rings. The summed E-state index contributed by atoms with van der Waals surface area (Å²) in [4.78, 5) is 0. The Kier molecular flexibility index (Phi) is 5.66. The number of nitriles is 1. The van der Waals surface area contributed by atoms with Crippen LogP contribution in [0.5, 0.6) is 0 Å². The first-order valence-corrected chi connectivity index (χ1v) is 18.1. The van der Waals surface area contributed by atoms with Crippen molar-refractivity contribution in [2.24, 2.45) is 23.7 Å². The third kappa shape index (κ3) is 3.77. The van der Waals surface area contributed by atoms with E-state index in [2.05, 4.69) is 126 Å². The van der Waals surface area contributed by atoms with Crippen LogP contribution < -0.4 is 0 Å². The van der Waals surface area contributed by atoms with Crippen LogP contribution in [0.3, 0.4) is 0 Å². The molecule has 4 saturated carbocycles. The third-order valence-corrected chi connectivity index (χ3v) is 13.0. The lowest BCUT2D eigenvalue weighted by molar-refractivity contribution is -0.0399. The van der Waals surface area contributed by atoms with E-state index in [1.54, 1.807) is 11.1 Å². The second-order valence-corrected chi connectivity index (χ2v) is 15.3. The summed E-state index contributed by atoms with van der Waals surface area (Å²) in [5.74, 6) is 3.49.